The van der Waals surface area contributed by atoms with Gasteiger partial charge >= 0.3 is 5.97 Å². The average Bonchev–Trinajstić information content (AvgIpc) is 2.65. The predicted molar refractivity (Wildman–Crippen MR) is 114 cm³/mol. The second-order valence-corrected chi connectivity index (χ2v) is 7.84. The van der Waals surface area contributed by atoms with Crippen LogP contribution in [0.25, 0.3) is 0 Å². The fourth-order valence-corrected chi connectivity index (χ4v) is 3.52. The number of hydrogen-bond acceptors (Lipinski definition) is 2. The number of carboxylic acid groups (broad SMARTS) is 1. The molecular weight excluding hydrogens is 360 g/mol. The largest absolute Gasteiger partial charge is 0.482 e. The zero-order valence-electron chi connectivity index (χ0n) is 17.0. The van der Waals surface area contributed by atoms with E-state index in [4.69, 9.17) is 21.4 Å². The van der Waals surface area contributed by atoms with Gasteiger partial charge in [-0.05, 0) is 36.6 Å². The summed E-state index contributed by atoms with van der Waals surface area (Å²) in [6.45, 7) is 1.95. The van der Waals surface area contributed by atoms with Gasteiger partial charge in [0.2, 0.25) is 0 Å². The molecule has 0 bridgehead atoms. The van der Waals surface area contributed by atoms with Crippen molar-refractivity contribution < 1.29 is 14.6 Å². The van der Waals surface area contributed by atoms with Gasteiger partial charge in [-0.15, -0.1) is 0 Å². The molecule has 0 atom stereocenters. The highest BCUT2D eigenvalue weighted by atomic mass is 35.5. The number of carboxylic acids is 1. The maximum atomic E-state index is 10.6. The smallest absolute Gasteiger partial charge is 0.341 e. The zero-order valence-corrected chi connectivity index (χ0v) is 17.7. The van der Waals surface area contributed by atoms with Crippen LogP contribution in [0.2, 0.25) is 5.02 Å². The summed E-state index contributed by atoms with van der Waals surface area (Å²) in [5.74, 6) is -0.394. The van der Waals surface area contributed by atoms with Crippen molar-refractivity contribution in [3.63, 3.8) is 0 Å². The monoisotopic (exact) mass is 396 g/mol. The molecule has 0 fully saturated rings. The molecular formula is C23H37ClO3. The Balaban J connectivity index is 2.03. The minimum Gasteiger partial charge on any atom is -0.482 e. The van der Waals surface area contributed by atoms with E-state index < -0.39 is 5.97 Å². The van der Waals surface area contributed by atoms with Gasteiger partial charge in [0.05, 0.1) is 0 Å². The fraction of sp³-hybridized carbons (Fsp3) is 0.696. The maximum absolute atomic E-state index is 10.6. The summed E-state index contributed by atoms with van der Waals surface area (Å²) >= 11 is 6.24. The van der Waals surface area contributed by atoms with Crippen molar-refractivity contribution in [3.8, 4) is 5.75 Å². The molecule has 0 saturated carbocycles. The lowest BCUT2D eigenvalue weighted by Gasteiger charge is -2.08. The number of halogens is 1. The highest BCUT2D eigenvalue weighted by Crippen LogP contribution is 2.24. The first-order valence-corrected chi connectivity index (χ1v) is 11.1. The topological polar surface area (TPSA) is 46.5 Å². The molecule has 0 heterocycles. The average molecular weight is 397 g/mol. The van der Waals surface area contributed by atoms with Crippen LogP contribution >= 0.6 is 11.6 Å². The van der Waals surface area contributed by atoms with Crippen LogP contribution in [0.3, 0.4) is 0 Å². The summed E-state index contributed by atoms with van der Waals surface area (Å²) in [6.07, 6.45) is 18.3. The minimum atomic E-state index is -0.969. The Labute approximate surface area is 170 Å². The van der Waals surface area contributed by atoms with Crippen molar-refractivity contribution in [1.82, 2.24) is 0 Å². The molecule has 1 aromatic carbocycles. The van der Waals surface area contributed by atoms with Crippen LogP contribution in [-0.4, -0.2) is 17.7 Å². The number of unbranched alkanes of at least 4 members (excludes halogenated alkanes) is 12. The molecule has 0 unspecified atom stereocenters. The van der Waals surface area contributed by atoms with Gasteiger partial charge < -0.3 is 9.84 Å². The zero-order chi connectivity index (χ0) is 19.7. The number of benzene rings is 1. The molecule has 27 heavy (non-hydrogen) atoms. The Morgan fingerprint density at radius 1 is 0.889 bits per heavy atom. The van der Waals surface area contributed by atoms with Gasteiger partial charge in [0.1, 0.15) is 5.75 Å². The number of aryl methyl sites for hydroxylation is 1. The third-order valence-electron chi connectivity index (χ3n) is 4.93. The van der Waals surface area contributed by atoms with Gasteiger partial charge in [-0.3, -0.25) is 0 Å². The third kappa shape index (κ3) is 12.7. The molecule has 0 aliphatic rings. The molecule has 1 N–H and O–H groups in total. The van der Waals surface area contributed by atoms with E-state index in [-0.39, 0.29) is 6.61 Å². The van der Waals surface area contributed by atoms with E-state index in [1.807, 2.05) is 6.07 Å². The first-order valence-electron chi connectivity index (χ1n) is 10.8. The van der Waals surface area contributed by atoms with Crippen LogP contribution in [0.15, 0.2) is 18.2 Å². The lowest BCUT2D eigenvalue weighted by molar-refractivity contribution is -0.139. The van der Waals surface area contributed by atoms with Crippen LogP contribution in [-0.2, 0) is 11.2 Å². The third-order valence-corrected chi connectivity index (χ3v) is 5.30. The molecule has 0 radical (unpaired) electrons. The van der Waals surface area contributed by atoms with E-state index >= 15 is 0 Å². The van der Waals surface area contributed by atoms with Crippen LogP contribution in [0.4, 0.5) is 0 Å². The lowest BCUT2D eigenvalue weighted by Crippen LogP contribution is -2.09. The van der Waals surface area contributed by atoms with E-state index in [1.165, 1.54) is 77.0 Å². The van der Waals surface area contributed by atoms with Gasteiger partial charge in [-0.1, -0.05) is 95.6 Å². The number of rotatable bonds is 17. The van der Waals surface area contributed by atoms with Gasteiger partial charge in [-0.2, -0.15) is 0 Å². The van der Waals surface area contributed by atoms with Crippen LogP contribution in [0.5, 0.6) is 5.75 Å². The van der Waals surface area contributed by atoms with Gasteiger partial charge in [0.15, 0.2) is 6.61 Å². The molecule has 0 aliphatic carbocycles. The van der Waals surface area contributed by atoms with E-state index in [9.17, 15) is 4.79 Å². The molecule has 0 amide bonds. The lowest BCUT2D eigenvalue weighted by atomic mass is 10.0. The molecule has 3 nitrogen and oxygen atoms in total. The van der Waals surface area contributed by atoms with Gasteiger partial charge in [0.25, 0.3) is 0 Å². The van der Waals surface area contributed by atoms with E-state index in [2.05, 4.69) is 6.92 Å². The van der Waals surface area contributed by atoms with Crippen LogP contribution in [0, 0.1) is 0 Å². The molecule has 0 aromatic heterocycles. The molecule has 1 aromatic rings. The Kier molecular flexibility index (Phi) is 13.9. The predicted octanol–water partition coefficient (Wildman–Crippen LogP) is 7.44. The van der Waals surface area contributed by atoms with Crippen LogP contribution in [0.1, 0.15) is 96.0 Å². The van der Waals surface area contributed by atoms with Gasteiger partial charge in [0, 0.05) is 5.02 Å². The molecule has 0 aliphatic heterocycles. The standard InChI is InChI=1S/C23H37ClO3/c1-2-3-4-5-6-7-8-9-10-11-12-13-14-15-20-18-21(16-17-22(20)24)27-19-23(25)26/h16-18H,2-15,19H2,1H3,(H,25,26). The second kappa shape index (κ2) is 15.8. The van der Waals surface area contributed by atoms with Crippen molar-refractivity contribution in [2.24, 2.45) is 0 Å². The van der Waals surface area contributed by atoms with E-state index in [0.717, 1.165) is 23.4 Å². The highest BCUT2D eigenvalue weighted by molar-refractivity contribution is 6.31. The van der Waals surface area contributed by atoms with Crippen molar-refractivity contribution >= 4 is 17.6 Å². The normalized spacial score (nSPS) is 10.9. The van der Waals surface area contributed by atoms with Crippen molar-refractivity contribution in [3.05, 3.63) is 28.8 Å². The maximum Gasteiger partial charge on any atom is 0.341 e. The van der Waals surface area contributed by atoms with E-state index in [0.29, 0.717) is 5.75 Å². The Bertz CT molecular complexity index is 516. The second-order valence-electron chi connectivity index (χ2n) is 7.43. The fourth-order valence-electron chi connectivity index (χ4n) is 3.31. The summed E-state index contributed by atoms with van der Waals surface area (Å²) < 4.78 is 5.22. The molecule has 1 rings (SSSR count). The summed E-state index contributed by atoms with van der Waals surface area (Å²) in [7, 11) is 0. The number of hydrogen-bond donors (Lipinski definition) is 1. The number of carbonyl (C=O) groups is 1. The summed E-state index contributed by atoms with van der Waals surface area (Å²) in [5.41, 5.74) is 1.04. The molecule has 154 valence electrons. The van der Waals surface area contributed by atoms with Crippen molar-refractivity contribution in [2.45, 2.75) is 96.8 Å². The Morgan fingerprint density at radius 3 is 1.93 bits per heavy atom. The van der Waals surface area contributed by atoms with Gasteiger partial charge in [-0.25, -0.2) is 4.79 Å². The van der Waals surface area contributed by atoms with E-state index in [1.54, 1.807) is 12.1 Å². The minimum absolute atomic E-state index is 0.320. The molecule has 4 heteroatoms. The highest BCUT2D eigenvalue weighted by Gasteiger charge is 2.05. The number of aliphatic carboxylic acids is 1. The first-order chi connectivity index (χ1) is 13.1. The SMILES string of the molecule is CCCCCCCCCCCCCCCc1cc(OCC(=O)O)ccc1Cl. The molecule has 0 spiro atoms. The van der Waals surface area contributed by atoms with Crippen molar-refractivity contribution in [1.29, 1.82) is 0 Å². The first kappa shape index (κ1) is 23.8. The summed E-state index contributed by atoms with van der Waals surface area (Å²) in [6, 6.07) is 5.38. The van der Waals surface area contributed by atoms with Crippen molar-refractivity contribution in [2.75, 3.05) is 6.61 Å². The summed E-state index contributed by atoms with van der Waals surface area (Å²) in [4.78, 5) is 10.6. The summed E-state index contributed by atoms with van der Waals surface area (Å²) in [5, 5.41) is 9.42. The number of ether oxygens (including phenoxy) is 1. The van der Waals surface area contributed by atoms with Crippen LogP contribution < -0.4 is 4.74 Å². The molecule has 0 saturated heterocycles. The quantitative estimate of drug-likeness (QED) is 0.278. The Hall–Kier alpha value is -1.22. The Morgan fingerprint density at radius 2 is 1.41 bits per heavy atom.